The zero-order valence-electron chi connectivity index (χ0n) is 7.90. The van der Waals surface area contributed by atoms with Crippen LogP contribution in [-0.2, 0) is 0 Å². The van der Waals surface area contributed by atoms with Crippen molar-refractivity contribution in [3.05, 3.63) is 17.7 Å². The lowest BCUT2D eigenvalue weighted by Gasteiger charge is -2.09. The van der Waals surface area contributed by atoms with Crippen LogP contribution < -0.4 is 10.5 Å². The Bertz CT molecular complexity index is 365. The molecule has 0 amide bonds. The first-order valence-corrected chi connectivity index (χ1v) is 5.07. The molecule has 0 unspecified atom stereocenters. The maximum absolute atomic E-state index is 10.8. The molecule has 0 fully saturated rings. The fourth-order valence-corrected chi connectivity index (χ4v) is 1.53. The van der Waals surface area contributed by atoms with Gasteiger partial charge in [-0.1, -0.05) is 0 Å². The van der Waals surface area contributed by atoms with Gasteiger partial charge in [0.05, 0.1) is 18.4 Å². The number of methoxy groups -OCH3 is 1. The molecule has 0 aromatic heterocycles. The molecule has 0 aliphatic heterocycles. The molecule has 0 spiro atoms. The number of hydrogen-bond donors (Lipinski definition) is 2. The Hall–Kier alpha value is -1.36. The van der Waals surface area contributed by atoms with Gasteiger partial charge in [0.25, 0.3) is 0 Å². The van der Waals surface area contributed by atoms with E-state index in [2.05, 4.69) is 0 Å². The Kier molecular flexibility index (Phi) is 3.24. The average molecular weight is 213 g/mol. The molecule has 0 atom stereocenters. The summed E-state index contributed by atoms with van der Waals surface area (Å²) >= 11 is 1.44. The van der Waals surface area contributed by atoms with Crippen LogP contribution in [0.5, 0.6) is 5.75 Å². The van der Waals surface area contributed by atoms with Crippen molar-refractivity contribution in [1.29, 1.82) is 0 Å². The zero-order valence-corrected chi connectivity index (χ0v) is 8.72. The average Bonchev–Trinajstić information content (AvgIpc) is 2.17. The van der Waals surface area contributed by atoms with Crippen molar-refractivity contribution in [2.24, 2.45) is 0 Å². The van der Waals surface area contributed by atoms with E-state index in [9.17, 15) is 4.79 Å². The van der Waals surface area contributed by atoms with E-state index >= 15 is 0 Å². The Labute approximate surface area is 86.1 Å². The highest BCUT2D eigenvalue weighted by Gasteiger charge is 2.13. The number of aromatic carboxylic acids is 1. The van der Waals surface area contributed by atoms with Gasteiger partial charge in [-0.15, -0.1) is 11.8 Å². The van der Waals surface area contributed by atoms with Crippen LogP contribution in [0.25, 0.3) is 0 Å². The van der Waals surface area contributed by atoms with Gasteiger partial charge in [0.2, 0.25) is 0 Å². The van der Waals surface area contributed by atoms with Crippen LogP contribution in [-0.4, -0.2) is 24.4 Å². The first kappa shape index (κ1) is 10.7. The molecule has 4 nitrogen and oxygen atoms in total. The third-order valence-electron chi connectivity index (χ3n) is 1.80. The minimum absolute atomic E-state index is 0.0775. The van der Waals surface area contributed by atoms with Crippen molar-refractivity contribution in [2.75, 3.05) is 19.1 Å². The molecule has 14 heavy (non-hydrogen) atoms. The molecular formula is C9H11NO3S. The Morgan fingerprint density at radius 1 is 1.57 bits per heavy atom. The molecular weight excluding hydrogens is 202 g/mol. The second kappa shape index (κ2) is 4.23. The largest absolute Gasteiger partial charge is 0.495 e. The third-order valence-corrected chi connectivity index (χ3v) is 2.51. The molecule has 0 bridgehead atoms. The van der Waals surface area contributed by atoms with E-state index in [0.717, 1.165) is 4.90 Å². The standard InChI is InChI=1S/C9H11NO3S/c1-13-7-4-5(14-2)3-6(8(7)10)9(11)12/h3-4H,10H2,1-2H3,(H,11,12). The molecule has 1 aromatic rings. The molecule has 3 N–H and O–H groups in total. The van der Waals surface area contributed by atoms with Crippen LogP contribution in [0.3, 0.4) is 0 Å². The van der Waals surface area contributed by atoms with Gasteiger partial charge in [0.15, 0.2) is 0 Å². The summed E-state index contributed by atoms with van der Waals surface area (Å²) in [7, 11) is 1.46. The number of benzene rings is 1. The second-order valence-corrected chi connectivity index (χ2v) is 3.48. The van der Waals surface area contributed by atoms with Crippen molar-refractivity contribution in [3.8, 4) is 5.75 Å². The van der Waals surface area contributed by atoms with E-state index in [1.165, 1.54) is 24.9 Å². The predicted molar refractivity (Wildman–Crippen MR) is 56.1 cm³/mol. The van der Waals surface area contributed by atoms with Gasteiger partial charge in [0.1, 0.15) is 5.75 Å². The first-order chi connectivity index (χ1) is 6.60. The number of carbonyl (C=O) groups is 1. The molecule has 0 radical (unpaired) electrons. The number of anilines is 1. The summed E-state index contributed by atoms with van der Waals surface area (Å²) < 4.78 is 4.98. The number of thioether (sulfide) groups is 1. The number of nitrogen functional groups attached to an aromatic ring is 1. The van der Waals surface area contributed by atoms with Crippen LogP contribution in [0.4, 0.5) is 5.69 Å². The molecule has 76 valence electrons. The molecule has 1 rings (SSSR count). The summed E-state index contributed by atoms with van der Waals surface area (Å²) in [6, 6.07) is 3.25. The minimum atomic E-state index is -1.04. The van der Waals surface area contributed by atoms with E-state index in [1.807, 2.05) is 6.26 Å². The van der Waals surface area contributed by atoms with Crippen LogP contribution in [0.2, 0.25) is 0 Å². The van der Waals surface area contributed by atoms with E-state index in [4.69, 9.17) is 15.6 Å². The number of ether oxygens (including phenoxy) is 1. The van der Waals surface area contributed by atoms with Gasteiger partial charge >= 0.3 is 5.97 Å². The summed E-state index contributed by atoms with van der Waals surface area (Å²) in [4.78, 5) is 11.6. The van der Waals surface area contributed by atoms with Crippen LogP contribution in [0.1, 0.15) is 10.4 Å². The molecule has 5 heteroatoms. The van der Waals surface area contributed by atoms with Crippen LogP contribution in [0, 0.1) is 0 Å². The van der Waals surface area contributed by atoms with Gasteiger partial charge in [-0.2, -0.15) is 0 Å². The number of carboxylic acid groups (broad SMARTS) is 1. The van der Waals surface area contributed by atoms with E-state index in [1.54, 1.807) is 6.07 Å². The Balaban J connectivity index is 3.34. The molecule has 0 saturated heterocycles. The summed E-state index contributed by atoms with van der Waals surface area (Å²) in [6.45, 7) is 0. The number of rotatable bonds is 3. The predicted octanol–water partition coefficient (Wildman–Crippen LogP) is 1.70. The summed E-state index contributed by atoms with van der Waals surface area (Å²) in [6.07, 6.45) is 1.86. The molecule has 0 aliphatic carbocycles. The van der Waals surface area contributed by atoms with Gasteiger partial charge < -0.3 is 15.6 Å². The molecule has 0 heterocycles. The highest BCUT2D eigenvalue weighted by molar-refractivity contribution is 7.98. The van der Waals surface area contributed by atoms with Crippen molar-refractivity contribution in [2.45, 2.75) is 4.90 Å². The highest BCUT2D eigenvalue weighted by Crippen LogP contribution is 2.30. The number of carboxylic acids is 1. The zero-order chi connectivity index (χ0) is 10.7. The monoisotopic (exact) mass is 213 g/mol. The van der Waals surface area contributed by atoms with Crippen molar-refractivity contribution >= 4 is 23.4 Å². The summed E-state index contributed by atoms with van der Waals surface area (Å²) in [5.74, 6) is -0.647. The van der Waals surface area contributed by atoms with Gasteiger partial charge in [-0.25, -0.2) is 4.79 Å². The molecule has 1 aromatic carbocycles. The van der Waals surface area contributed by atoms with Crippen LogP contribution in [0.15, 0.2) is 17.0 Å². The normalized spacial score (nSPS) is 9.86. The van der Waals surface area contributed by atoms with Gasteiger partial charge in [0, 0.05) is 4.90 Å². The lowest BCUT2D eigenvalue weighted by molar-refractivity contribution is 0.0697. The van der Waals surface area contributed by atoms with E-state index in [0.29, 0.717) is 5.75 Å². The quantitative estimate of drug-likeness (QED) is 0.590. The molecule has 0 aliphatic rings. The van der Waals surface area contributed by atoms with Crippen molar-refractivity contribution in [1.82, 2.24) is 0 Å². The van der Waals surface area contributed by atoms with Crippen molar-refractivity contribution < 1.29 is 14.6 Å². The fourth-order valence-electron chi connectivity index (χ4n) is 1.07. The topological polar surface area (TPSA) is 72.5 Å². The van der Waals surface area contributed by atoms with E-state index in [-0.39, 0.29) is 11.3 Å². The highest BCUT2D eigenvalue weighted by atomic mass is 32.2. The number of nitrogens with two attached hydrogens (primary N) is 1. The SMILES string of the molecule is COc1cc(SC)cc(C(=O)O)c1N. The fraction of sp³-hybridized carbons (Fsp3) is 0.222. The summed E-state index contributed by atoms with van der Waals surface area (Å²) in [5.41, 5.74) is 5.85. The first-order valence-electron chi connectivity index (χ1n) is 3.85. The van der Waals surface area contributed by atoms with Crippen molar-refractivity contribution in [3.63, 3.8) is 0 Å². The smallest absolute Gasteiger partial charge is 0.337 e. The lowest BCUT2D eigenvalue weighted by Crippen LogP contribution is -2.04. The second-order valence-electron chi connectivity index (χ2n) is 2.60. The lowest BCUT2D eigenvalue weighted by atomic mass is 10.1. The molecule has 0 saturated carbocycles. The third kappa shape index (κ3) is 1.93. The van der Waals surface area contributed by atoms with Gasteiger partial charge in [-0.05, 0) is 18.4 Å². The Morgan fingerprint density at radius 2 is 2.21 bits per heavy atom. The maximum Gasteiger partial charge on any atom is 0.337 e. The minimum Gasteiger partial charge on any atom is -0.495 e. The van der Waals surface area contributed by atoms with Gasteiger partial charge in [-0.3, -0.25) is 0 Å². The Morgan fingerprint density at radius 3 is 2.64 bits per heavy atom. The summed E-state index contributed by atoms with van der Waals surface area (Å²) in [5, 5.41) is 8.86. The maximum atomic E-state index is 10.8. The number of hydrogen-bond acceptors (Lipinski definition) is 4. The van der Waals surface area contributed by atoms with Crippen LogP contribution >= 0.6 is 11.8 Å². The van der Waals surface area contributed by atoms with E-state index < -0.39 is 5.97 Å².